The molecule has 8 heteroatoms. The van der Waals surface area contributed by atoms with Crippen molar-refractivity contribution in [2.75, 3.05) is 13.1 Å². The molecule has 2 fully saturated rings. The molecule has 0 spiro atoms. The number of carbonyl (C=O) groups excluding carboxylic acids is 2. The zero-order valence-corrected chi connectivity index (χ0v) is 13.7. The molecule has 1 aliphatic carbocycles. The predicted molar refractivity (Wildman–Crippen MR) is 84.0 cm³/mol. The number of nitrogens with one attached hydrogen (secondary N) is 1. The molecule has 1 aliphatic heterocycles. The van der Waals surface area contributed by atoms with E-state index >= 15 is 0 Å². The zero-order chi connectivity index (χ0) is 16.8. The highest BCUT2D eigenvalue weighted by molar-refractivity contribution is 5.94. The van der Waals surface area contributed by atoms with Gasteiger partial charge in [-0.05, 0) is 19.8 Å². The van der Waals surface area contributed by atoms with Gasteiger partial charge in [0.15, 0.2) is 5.69 Å². The van der Waals surface area contributed by atoms with Crippen LogP contribution in [0.15, 0.2) is 16.8 Å². The molecule has 2 aromatic rings. The maximum absolute atomic E-state index is 12.5. The van der Waals surface area contributed by atoms with Crippen LogP contribution < -0.4 is 5.32 Å². The number of hydrogen-bond acceptors (Lipinski definition) is 5. The van der Waals surface area contributed by atoms with E-state index in [-0.39, 0.29) is 23.8 Å². The van der Waals surface area contributed by atoms with Crippen LogP contribution in [0, 0.1) is 12.8 Å². The largest absolute Gasteiger partial charge is 0.440 e. The normalized spacial score (nSPS) is 17.7. The number of nitrogens with zero attached hydrogens (tertiary/aromatic N) is 4. The van der Waals surface area contributed by atoms with Gasteiger partial charge in [0.2, 0.25) is 11.8 Å². The van der Waals surface area contributed by atoms with Crippen molar-refractivity contribution in [2.24, 2.45) is 13.0 Å². The van der Waals surface area contributed by atoms with Crippen molar-refractivity contribution in [1.82, 2.24) is 25.0 Å². The molecule has 1 N–H and O–H groups in total. The van der Waals surface area contributed by atoms with Crippen LogP contribution in [0.3, 0.4) is 0 Å². The van der Waals surface area contributed by atoms with Crippen molar-refractivity contribution in [3.63, 3.8) is 0 Å². The summed E-state index contributed by atoms with van der Waals surface area (Å²) in [5, 5.41) is 7.05. The van der Waals surface area contributed by atoms with Gasteiger partial charge >= 0.3 is 0 Å². The molecule has 2 amide bonds. The highest BCUT2D eigenvalue weighted by Crippen LogP contribution is 2.29. The number of carbonyl (C=O) groups is 2. The van der Waals surface area contributed by atoms with E-state index in [1.165, 1.54) is 0 Å². The summed E-state index contributed by atoms with van der Waals surface area (Å²) >= 11 is 0. The number of hydrogen-bond donors (Lipinski definition) is 1. The van der Waals surface area contributed by atoms with Gasteiger partial charge in [0.1, 0.15) is 5.76 Å². The Morgan fingerprint density at radius 3 is 2.71 bits per heavy atom. The van der Waals surface area contributed by atoms with Crippen molar-refractivity contribution in [3.8, 4) is 11.5 Å². The highest BCUT2D eigenvalue weighted by atomic mass is 16.4. The van der Waals surface area contributed by atoms with E-state index in [0.29, 0.717) is 30.4 Å². The Balaban J connectivity index is 1.40. The first kappa shape index (κ1) is 14.9. The van der Waals surface area contributed by atoms with Crippen LogP contribution in [-0.2, 0) is 11.8 Å². The molecule has 0 atom stereocenters. The van der Waals surface area contributed by atoms with Gasteiger partial charge in [-0.25, -0.2) is 4.98 Å². The third-order valence-electron chi connectivity index (χ3n) is 4.41. The lowest BCUT2D eigenvalue weighted by Gasteiger charge is -2.39. The minimum atomic E-state index is -0.164. The SMILES string of the molecule is Cc1oc(-c2cnn(C)c2)nc1C(=O)N1CC(NC(=O)C2CC2)C1. The van der Waals surface area contributed by atoms with E-state index in [4.69, 9.17) is 4.42 Å². The number of amides is 2. The molecule has 0 radical (unpaired) electrons. The maximum Gasteiger partial charge on any atom is 0.276 e. The Morgan fingerprint density at radius 1 is 1.33 bits per heavy atom. The first-order chi connectivity index (χ1) is 11.5. The van der Waals surface area contributed by atoms with Gasteiger partial charge in [0.05, 0.1) is 17.8 Å². The minimum absolute atomic E-state index is 0.0482. The second-order valence-corrected chi connectivity index (χ2v) is 6.52. The van der Waals surface area contributed by atoms with E-state index in [0.717, 1.165) is 18.4 Å². The van der Waals surface area contributed by atoms with Crippen LogP contribution >= 0.6 is 0 Å². The molecule has 1 saturated carbocycles. The van der Waals surface area contributed by atoms with Gasteiger partial charge in [-0.15, -0.1) is 0 Å². The molecule has 1 saturated heterocycles. The predicted octanol–water partition coefficient (Wildman–Crippen LogP) is 0.734. The van der Waals surface area contributed by atoms with Crippen LogP contribution in [0.1, 0.15) is 29.1 Å². The quantitative estimate of drug-likeness (QED) is 0.893. The lowest BCUT2D eigenvalue weighted by Crippen LogP contribution is -2.61. The maximum atomic E-state index is 12.5. The molecule has 0 aromatic carbocycles. The first-order valence-corrected chi connectivity index (χ1v) is 8.07. The summed E-state index contributed by atoms with van der Waals surface area (Å²) in [4.78, 5) is 30.3. The average molecular weight is 329 g/mol. The van der Waals surface area contributed by atoms with Crippen LogP contribution in [0.5, 0.6) is 0 Å². The molecular formula is C16H19N5O3. The molecule has 126 valence electrons. The second kappa shape index (κ2) is 5.47. The molecule has 0 unspecified atom stereocenters. The number of aryl methyl sites for hydroxylation is 2. The van der Waals surface area contributed by atoms with Gasteiger partial charge in [0.25, 0.3) is 5.91 Å². The van der Waals surface area contributed by atoms with E-state index in [1.54, 1.807) is 28.9 Å². The Bertz CT molecular complexity index is 798. The highest BCUT2D eigenvalue weighted by Gasteiger charge is 2.37. The monoisotopic (exact) mass is 329 g/mol. The van der Waals surface area contributed by atoms with Gasteiger partial charge in [0, 0.05) is 32.3 Å². The Morgan fingerprint density at radius 2 is 2.08 bits per heavy atom. The van der Waals surface area contributed by atoms with Gasteiger partial charge < -0.3 is 14.6 Å². The van der Waals surface area contributed by atoms with E-state index in [9.17, 15) is 9.59 Å². The van der Waals surface area contributed by atoms with E-state index in [1.807, 2.05) is 7.05 Å². The fourth-order valence-corrected chi connectivity index (χ4v) is 2.80. The van der Waals surface area contributed by atoms with E-state index < -0.39 is 0 Å². The van der Waals surface area contributed by atoms with Crippen LogP contribution in [0.4, 0.5) is 0 Å². The fourth-order valence-electron chi connectivity index (χ4n) is 2.80. The van der Waals surface area contributed by atoms with Gasteiger partial charge in [-0.1, -0.05) is 0 Å². The standard InChI is InChI=1S/C16H19N5O3/c1-9-13(19-15(24-9)11-5-17-20(2)6-11)16(23)21-7-12(8-21)18-14(22)10-3-4-10/h5-6,10,12H,3-4,7-8H2,1-2H3,(H,18,22). The summed E-state index contributed by atoms with van der Waals surface area (Å²) in [5.41, 5.74) is 1.05. The molecule has 2 aromatic heterocycles. The van der Waals surface area contributed by atoms with Crippen molar-refractivity contribution < 1.29 is 14.0 Å². The summed E-state index contributed by atoms with van der Waals surface area (Å²) < 4.78 is 7.26. The van der Waals surface area contributed by atoms with Gasteiger partial charge in [-0.2, -0.15) is 5.10 Å². The summed E-state index contributed by atoms with van der Waals surface area (Å²) in [6, 6.07) is 0.0482. The average Bonchev–Trinajstić information content (AvgIpc) is 3.16. The smallest absolute Gasteiger partial charge is 0.276 e. The Kier molecular flexibility index (Phi) is 3.40. The lowest BCUT2D eigenvalue weighted by atomic mass is 10.1. The summed E-state index contributed by atoms with van der Waals surface area (Å²) in [7, 11) is 1.81. The number of rotatable bonds is 4. The van der Waals surface area contributed by atoms with Crippen molar-refractivity contribution >= 4 is 11.8 Å². The van der Waals surface area contributed by atoms with Crippen molar-refractivity contribution in [3.05, 3.63) is 23.8 Å². The van der Waals surface area contributed by atoms with Crippen LogP contribution in [0.2, 0.25) is 0 Å². The van der Waals surface area contributed by atoms with Crippen molar-refractivity contribution in [1.29, 1.82) is 0 Å². The molecule has 3 heterocycles. The molecule has 2 aliphatic rings. The lowest BCUT2D eigenvalue weighted by molar-refractivity contribution is -0.123. The fraction of sp³-hybridized carbons (Fsp3) is 0.500. The van der Waals surface area contributed by atoms with E-state index in [2.05, 4.69) is 15.4 Å². The Hall–Kier alpha value is -2.64. The number of aromatic nitrogens is 3. The summed E-state index contributed by atoms with van der Waals surface area (Å²) in [5.74, 6) is 1.02. The van der Waals surface area contributed by atoms with Crippen LogP contribution in [0.25, 0.3) is 11.5 Å². The van der Waals surface area contributed by atoms with Gasteiger partial charge in [-0.3, -0.25) is 14.3 Å². The molecular weight excluding hydrogens is 310 g/mol. The van der Waals surface area contributed by atoms with Crippen LogP contribution in [-0.4, -0.2) is 50.6 Å². The third-order valence-corrected chi connectivity index (χ3v) is 4.41. The van der Waals surface area contributed by atoms with Crippen molar-refractivity contribution in [2.45, 2.75) is 25.8 Å². The molecule has 8 nitrogen and oxygen atoms in total. The number of likely N-dealkylation sites (tertiary alicyclic amines) is 1. The number of oxazole rings is 1. The topological polar surface area (TPSA) is 93.3 Å². The molecule has 24 heavy (non-hydrogen) atoms. The second-order valence-electron chi connectivity index (χ2n) is 6.52. The Labute approximate surface area is 138 Å². The minimum Gasteiger partial charge on any atom is -0.440 e. The first-order valence-electron chi connectivity index (χ1n) is 8.07. The molecule has 0 bridgehead atoms. The zero-order valence-electron chi connectivity index (χ0n) is 13.7. The summed E-state index contributed by atoms with van der Waals surface area (Å²) in [6.45, 7) is 2.77. The third kappa shape index (κ3) is 2.68. The summed E-state index contributed by atoms with van der Waals surface area (Å²) in [6.07, 6.45) is 5.39. The molecule has 4 rings (SSSR count).